The van der Waals surface area contributed by atoms with E-state index in [1.54, 1.807) is 18.5 Å². The van der Waals surface area contributed by atoms with Crippen LogP contribution < -0.4 is 4.90 Å². The van der Waals surface area contributed by atoms with Gasteiger partial charge >= 0.3 is 6.18 Å². The van der Waals surface area contributed by atoms with Crippen LogP contribution in [0, 0.1) is 5.92 Å². The maximum Gasteiger partial charge on any atom is 0.416 e. The standard InChI is InChI=1S/C29H32F3N5O/c1-19-6-4-11-36(15-19)16-20-12-23-24(25(13-20)29(30,31)32)17-37(26(23)38)22-8-3-7-21(14-22)28(9-5-10-28)27-34-33-18-35(27)2/h3,7-8,12-14,18-19H,4-6,9-11,15-17H2,1-2H3/t19-/m0/s1. The minimum absolute atomic E-state index is 0.0651. The summed E-state index contributed by atoms with van der Waals surface area (Å²) in [5.41, 5.74) is 1.40. The van der Waals surface area contributed by atoms with Gasteiger partial charge in [-0.15, -0.1) is 10.2 Å². The van der Waals surface area contributed by atoms with Crippen molar-refractivity contribution in [1.29, 1.82) is 0 Å². The van der Waals surface area contributed by atoms with Crippen LogP contribution in [0.4, 0.5) is 18.9 Å². The van der Waals surface area contributed by atoms with Gasteiger partial charge in [0.25, 0.3) is 5.91 Å². The molecule has 1 atom stereocenters. The second kappa shape index (κ2) is 9.22. The van der Waals surface area contributed by atoms with Gasteiger partial charge in [-0.25, -0.2) is 0 Å². The summed E-state index contributed by atoms with van der Waals surface area (Å²) in [6.45, 7) is 4.22. The summed E-state index contributed by atoms with van der Waals surface area (Å²) in [5, 5.41) is 8.42. The number of alkyl halides is 3. The van der Waals surface area contributed by atoms with Crippen molar-refractivity contribution in [3.63, 3.8) is 0 Å². The molecule has 1 aliphatic carbocycles. The Bertz CT molecular complexity index is 1380. The highest BCUT2D eigenvalue weighted by Crippen LogP contribution is 2.49. The van der Waals surface area contributed by atoms with E-state index < -0.39 is 11.7 Å². The molecule has 200 valence electrons. The Labute approximate surface area is 220 Å². The number of aromatic nitrogens is 3. The lowest BCUT2D eigenvalue weighted by molar-refractivity contribution is -0.138. The predicted octanol–water partition coefficient (Wildman–Crippen LogP) is 5.70. The van der Waals surface area contributed by atoms with Crippen molar-refractivity contribution in [3.8, 4) is 0 Å². The average Bonchev–Trinajstić information content (AvgIpc) is 3.41. The van der Waals surface area contributed by atoms with E-state index in [-0.39, 0.29) is 29.0 Å². The van der Waals surface area contributed by atoms with E-state index >= 15 is 0 Å². The lowest BCUT2D eigenvalue weighted by Gasteiger charge is -2.41. The molecule has 0 N–H and O–H groups in total. The molecule has 2 fully saturated rings. The van der Waals surface area contributed by atoms with Crippen LogP contribution >= 0.6 is 0 Å². The van der Waals surface area contributed by atoms with E-state index in [9.17, 15) is 18.0 Å². The van der Waals surface area contributed by atoms with Crippen molar-refractivity contribution in [3.05, 3.63) is 76.4 Å². The second-order valence-corrected chi connectivity index (χ2v) is 11.3. The van der Waals surface area contributed by atoms with Crippen molar-refractivity contribution >= 4 is 11.6 Å². The lowest BCUT2D eigenvalue weighted by Crippen LogP contribution is -2.38. The number of hydrogen-bond donors (Lipinski definition) is 0. The number of rotatable bonds is 5. The monoisotopic (exact) mass is 523 g/mol. The Balaban J connectivity index is 1.34. The Morgan fingerprint density at radius 3 is 2.61 bits per heavy atom. The first-order chi connectivity index (χ1) is 18.2. The zero-order chi connectivity index (χ0) is 26.7. The molecule has 9 heteroatoms. The number of fused-ring (bicyclic) bond motifs is 1. The molecule has 1 aromatic heterocycles. The number of amides is 1. The molecule has 38 heavy (non-hydrogen) atoms. The molecule has 6 nitrogen and oxygen atoms in total. The van der Waals surface area contributed by atoms with Gasteiger partial charge in [0.2, 0.25) is 0 Å². The number of carbonyl (C=O) groups is 1. The smallest absolute Gasteiger partial charge is 0.320 e. The summed E-state index contributed by atoms with van der Waals surface area (Å²) in [5.74, 6) is 1.01. The normalized spacial score (nSPS) is 21.4. The molecule has 1 saturated carbocycles. The molecule has 1 amide bonds. The van der Waals surface area contributed by atoms with Crippen molar-refractivity contribution in [2.75, 3.05) is 18.0 Å². The minimum atomic E-state index is -4.53. The van der Waals surface area contributed by atoms with E-state index in [0.717, 1.165) is 56.6 Å². The van der Waals surface area contributed by atoms with E-state index in [1.807, 2.05) is 29.8 Å². The van der Waals surface area contributed by atoms with Gasteiger partial charge in [-0.2, -0.15) is 13.2 Å². The van der Waals surface area contributed by atoms with E-state index in [0.29, 0.717) is 23.7 Å². The average molecular weight is 524 g/mol. The first-order valence-electron chi connectivity index (χ1n) is 13.4. The number of aryl methyl sites for hydroxylation is 1. The topological polar surface area (TPSA) is 54.3 Å². The predicted molar refractivity (Wildman–Crippen MR) is 138 cm³/mol. The second-order valence-electron chi connectivity index (χ2n) is 11.3. The number of halogens is 3. The van der Waals surface area contributed by atoms with Crippen LogP contribution in [0.2, 0.25) is 0 Å². The Morgan fingerprint density at radius 1 is 1.13 bits per heavy atom. The Morgan fingerprint density at radius 2 is 1.95 bits per heavy atom. The minimum Gasteiger partial charge on any atom is -0.320 e. The van der Waals surface area contributed by atoms with Gasteiger partial charge in [-0.3, -0.25) is 9.69 Å². The van der Waals surface area contributed by atoms with Gasteiger partial charge in [-0.1, -0.05) is 25.5 Å². The Hall–Kier alpha value is -3.20. The molecular weight excluding hydrogens is 491 g/mol. The van der Waals surface area contributed by atoms with Crippen molar-refractivity contribution in [2.24, 2.45) is 13.0 Å². The van der Waals surface area contributed by atoms with Crippen LogP contribution in [0.5, 0.6) is 0 Å². The molecule has 6 rings (SSSR count). The molecule has 0 unspecified atom stereocenters. The summed E-state index contributed by atoms with van der Waals surface area (Å²) < 4.78 is 44.6. The number of benzene rings is 2. The van der Waals surface area contributed by atoms with Crippen LogP contribution in [0.1, 0.15) is 77.5 Å². The van der Waals surface area contributed by atoms with Gasteiger partial charge in [0.05, 0.1) is 17.5 Å². The van der Waals surface area contributed by atoms with Crippen LogP contribution in [-0.4, -0.2) is 38.7 Å². The first-order valence-corrected chi connectivity index (χ1v) is 13.4. The number of piperidine rings is 1. The van der Waals surface area contributed by atoms with Gasteiger partial charge < -0.3 is 9.47 Å². The van der Waals surface area contributed by atoms with E-state index in [1.165, 1.54) is 11.0 Å². The van der Waals surface area contributed by atoms with Crippen LogP contribution in [0.3, 0.4) is 0 Å². The zero-order valence-electron chi connectivity index (χ0n) is 21.8. The zero-order valence-corrected chi connectivity index (χ0v) is 21.8. The third-order valence-electron chi connectivity index (χ3n) is 8.61. The summed E-state index contributed by atoms with van der Waals surface area (Å²) in [4.78, 5) is 17.3. The number of carbonyl (C=O) groups excluding carboxylic acids is 1. The molecule has 2 aromatic carbocycles. The molecule has 0 spiro atoms. The van der Waals surface area contributed by atoms with Gasteiger partial charge in [-0.05, 0) is 79.1 Å². The number of nitrogens with zero attached hydrogens (tertiary/aromatic N) is 5. The van der Waals surface area contributed by atoms with Gasteiger partial charge in [0, 0.05) is 31.4 Å². The fraction of sp³-hybridized carbons (Fsp3) is 0.483. The first kappa shape index (κ1) is 25.1. The number of anilines is 1. The molecule has 3 aliphatic rings. The highest BCUT2D eigenvalue weighted by Gasteiger charge is 2.45. The Kier molecular flexibility index (Phi) is 6.09. The van der Waals surface area contributed by atoms with Crippen molar-refractivity contribution in [2.45, 2.75) is 63.7 Å². The maximum atomic E-state index is 14.2. The SMILES string of the molecule is C[C@H]1CCCN(Cc2cc3c(c(C(F)(F)F)c2)CN(c2cccc(C4(c5nncn5C)CCC4)c2)C3=O)C1. The molecular formula is C29H32F3N5O. The summed E-state index contributed by atoms with van der Waals surface area (Å²) in [7, 11) is 1.92. The third kappa shape index (κ3) is 4.21. The molecule has 3 aromatic rings. The van der Waals surface area contributed by atoms with Gasteiger partial charge in [0.15, 0.2) is 0 Å². The summed E-state index contributed by atoms with van der Waals surface area (Å²) in [6.07, 6.45) is 2.20. The fourth-order valence-electron chi connectivity index (χ4n) is 6.57. The third-order valence-corrected chi connectivity index (χ3v) is 8.61. The number of hydrogen-bond acceptors (Lipinski definition) is 4. The van der Waals surface area contributed by atoms with Crippen LogP contribution in [-0.2, 0) is 31.7 Å². The van der Waals surface area contributed by atoms with E-state index in [4.69, 9.17) is 0 Å². The highest BCUT2D eigenvalue weighted by molar-refractivity contribution is 6.10. The fourth-order valence-corrected chi connectivity index (χ4v) is 6.57. The summed E-state index contributed by atoms with van der Waals surface area (Å²) >= 11 is 0. The molecule has 2 aliphatic heterocycles. The highest BCUT2D eigenvalue weighted by atomic mass is 19.4. The quantitative estimate of drug-likeness (QED) is 0.431. The molecule has 1 saturated heterocycles. The van der Waals surface area contributed by atoms with Gasteiger partial charge in [0.1, 0.15) is 12.2 Å². The molecule has 0 radical (unpaired) electrons. The number of likely N-dealkylation sites (tertiary alicyclic amines) is 1. The molecule has 0 bridgehead atoms. The lowest BCUT2D eigenvalue weighted by atomic mass is 9.63. The van der Waals surface area contributed by atoms with E-state index in [2.05, 4.69) is 22.0 Å². The molecule has 3 heterocycles. The largest absolute Gasteiger partial charge is 0.416 e. The maximum absolute atomic E-state index is 14.2. The van der Waals surface area contributed by atoms with Crippen LogP contribution in [0.15, 0.2) is 42.7 Å². The van der Waals surface area contributed by atoms with Crippen molar-refractivity contribution in [1.82, 2.24) is 19.7 Å². The van der Waals surface area contributed by atoms with Crippen LogP contribution in [0.25, 0.3) is 0 Å². The summed E-state index contributed by atoms with van der Waals surface area (Å²) in [6, 6.07) is 10.6. The van der Waals surface area contributed by atoms with Crippen molar-refractivity contribution < 1.29 is 18.0 Å².